The third-order valence-electron chi connectivity index (χ3n) is 4.58. The lowest BCUT2D eigenvalue weighted by Gasteiger charge is -2.26. The second-order valence-corrected chi connectivity index (χ2v) is 9.52. The number of carbonyl (C=O) groups is 1. The summed E-state index contributed by atoms with van der Waals surface area (Å²) < 4.78 is 46.4. The van der Waals surface area contributed by atoms with Crippen molar-refractivity contribution >= 4 is 33.4 Å². The summed E-state index contributed by atoms with van der Waals surface area (Å²) >= 11 is 1.08. The molecule has 1 heterocycles. The largest absolute Gasteiger partial charge is 0.495 e. The Morgan fingerprint density at radius 2 is 1.90 bits per heavy atom. The van der Waals surface area contributed by atoms with Gasteiger partial charge in [0.25, 0.3) is 0 Å². The molecule has 6 nitrogen and oxygen atoms in total. The molecule has 1 aliphatic heterocycles. The molecule has 0 aromatic heterocycles. The maximum absolute atomic E-state index is 13.7. The number of halogens is 1. The summed E-state index contributed by atoms with van der Waals surface area (Å²) in [4.78, 5) is 12.7. The van der Waals surface area contributed by atoms with E-state index < -0.39 is 10.0 Å². The second kappa shape index (κ2) is 9.60. The van der Waals surface area contributed by atoms with Crippen LogP contribution in [0.5, 0.6) is 5.75 Å². The number of rotatable bonds is 7. The number of ether oxygens (including phenoxy) is 1. The molecule has 1 fully saturated rings. The number of nitrogens with zero attached hydrogens (tertiary/aromatic N) is 1. The number of carbonyl (C=O) groups excluding carboxylic acids is 1. The SMILES string of the molecule is COc1ccc(NC(=O)CSc2ccccc2F)cc1S(=O)(=O)N1CCCCC1. The molecule has 1 aliphatic rings. The second-order valence-electron chi connectivity index (χ2n) is 6.60. The van der Waals surface area contributed by atoms with E-state index in [0.29, 0.717) is 23.7 Å². The van der Waals surface area contributed by atoms with Gasteiger partial charge in [-0.25, -0.2) is 12.8 Å². The van der Waals surface area contributed by atoms with Gasteiger partial charge >= 0.3 is 0 Å². The normalized spacial score (nSPS) is 15.1. The first-order valence-corrected chi connectivity index (χ1v) is 11.7. The molecule has 1 amide bonds. The van der Waals surface area contributed by atoms with Crippen molar-refractivity contribution < 1.29 is 22.3 Å². The van der Waals surface area contributed by atoms with Crippen LogP contribution < -0.4 is 10.1 Å². The van der Waals surface area contributed by atoms with Crippen LogP contribution in [-0.2, 0) is 14.8 Å². The highest BCUT2D eigenvalue weighted by atomic mass is 32.2. The van der Waals surface area contributed by atoms with E-state index in [-0.39, 0.29) is 28.1 Å². The summed E-state index contributed by atoms with van der Waals surface area (Å²) in [6, 6.07) is 10.7. The minimum atomic E-state index is -3.72. The van der Waals surface area contributed by atoms with E-state index in [1.165, 1.54) is 29.6 Å². The third kappa shape index (κ3) is 5.29. The molecule has 0 atom stereocenters. The molecule has 0 unspecified atom stereocenters. The van der Waals surface area contributed by atoms with Crippen LogP contribution in [0.4, 0.5) is 10.1 Å². The molecule has 2 aromatic carbocycles. The van der Waals surface area contributed by atoms with Gasteiger partial charge in [0.05, 0.1) is 12.9 Å². The fraction of sp³-hybridized carbons (Fsp3) is 0.350. The Labute approximate surface area is 174 Å². The van der Waals surface area contributed by atoms with Crippen molar-refractivity contribution in [3.63, 3.8) is 0 Å². The summed E-state index contributed by atoms with van der Waals surface area (Å²) in [6.07, 6.45) is 2.66. The van der Waals surface area contributed by atoms with Crippen molar-refractivity contribution in [1.29, 1.82) is 0 Å². The standard InChI is InChI=1S/C20H23FN2O4S2/c1-27-17-10-9-15(13-19(17)29(25,26)23-11-5-2-6-12-23)22-20(24)14-28-18-8-4-3-7-16(18)21/h3-4,7-10,13H,2,5-6,11-12,14H2,1H3,(H,22,24). The third-order valence-corrected chi connectivity index (χ3v) is 7.54. The summed E-state index contributed by atoms with van der Waals surface area (Å²) in [5.74, 6) is -0.509. The van der Waals surface area contributed by atoms with Gasteiger partial charge in [-0.3, -0.25) is 4.79 Å². The molecule has 0 saturated carbocycles. The van der Waals surface area contributed by atoms with Crippen LogP contribution in [0.15, 0.2) is 52.3 Å². The van der Waals surface area contributed by atoms with Crippen LogP contribution in [-0.4, -0.2) is 44.6 Å². The number of sulfonamides is 1. The zero-order valence-electron chi connectivity index (χ0n) is 16.1. The molecule has 156 valence electrons. The minimum absolute atomic E-state index is 0.00116. The van der Waals surface area contributed by atoms with Crippen molar-refractivity contribution in [3.05, 3.63) is 48.3 Å². The van der Waals surface area contributed by atoms with Gasteiger partial charge in [0.2, 0.25) is 15.9 Å². The highest BCUT2D eigenvalue weighted by Crippen LogP contribution is 2.31. The van der Waals surface area contributed by atoms with Gasteiger partial charge in [-0.05, 0) is 43.2 Å². The smallest absolute Gasteiger partial charge is 0.246 e. The van der Waals surface area contributed by atoms with E-state index >= 15 is 0 Å². The van der Waals surface area contributed by atoms with Crippen molar-refractivity contribution in [2.45, 2.75) is 29.1 Å². The Balaban J connectivity index is 1.74. The van der Waals surface area contributed by atoms with Crippen LogP contribution in [0.2, 0.25) is 0 Å². The lowest BCUT2D eigenvalue weighted by atomic mass is 10.2. The van der Waals surface area contributed by atoms with E-state index in [4.69, 9.17) is 4.74 Å². The fourth-order valence-electron chi connectivity index (χ4n) is 3.10. The van der Waals surface area contributed by atoms with Gasteiger partial charge < -0.3 is 10.1 Å². The van der Waals surface area contributed by atoms with Crippen LogP contribution in [0.3, 0.4) is 0 Å². The van der Waals surface area contributed by atoms with Crippen molar-refractivity contribution in [2.24, 2.45) is 0 Å². The minimum Gasteiger partial charge on any atom is -0.495 e. The fourth-order valence-corrected chi connectivity index (χ4v) is 5.54. The van der Waals surface area contributed by atoms with Gasteiger partial charge in [-0.2, -0.15) is 4.31 Å². The summed E-state index contributed by atoms with van der Waals surface area (Å²) in [5, 5.41) is 2.68. The Morgan fingerprint density at radius 1 is 1.17 bits per heavy atom. The summed E-state index contributed by atoms with van der Waals surface area (Å²) in [7, 11) is -2.31. The topological polar surface area (TPSA) is 75.7 Å². The average Bonchev–Trinajstić information content (AvgIpc) is 2.74. The lowest BCUT2D eigenvalue weighted by molar-refractivity contribution is -0.113. The van der Waals surface area contributed by atoms with E-state index in [0.717, 1.165) is 31.0 Å². The average molecular weight is 439 g/mol. The number of amides is 1. The number of methoxy groups -OCH3 is 1. The number of hydrogen-bond acceptors (Lipinski definition) is 5. The van der Waals surface area contributed by atoms with E-state index in [2.05, 4.69) is 5.32 Å². The Bertz CT molecular complexity index is 976. The summed E-state index contributed by atoms with van der Waals surface area (Å²) in [6.45, 7) is 0.947. The van der Waals surface area contributed by atoms with Crippen molar-refractivity contribution in [3.8, 4) is 5.75 Å². The van der Waals surface area contributed by atoms with Crippen LogP contribution in [0.25, 0.3) is 0 Å². The Hall–Kier alpha value is -2.10. The number of benzene rings is 2. The van der Waals surface area contributed by atoms with Crippen LogP contribution in [0, 0.1) is 5.82 Å². The van der Waals surface area contributed by atoms with E-state index in [9.17, 15) is 17.6 Å². The van der Waals surface area contributed by atoms with Crippen LogP contribution >= 0.6 is 11.8 Å². The molecular weight excluding hydrogens is 415 g/mol. The van der Waals surface area contributed by atoms with E-state index in [1.54, 1.807) is 24.3 Å². The Kier molecular flexibility index (Phi) is 7.15. The molecule has 29 heavy (non-hydrogen) atoms. The zero-order valence-corrected chi connectivity index (χ0v) is 17.7. The number of nitrogens with one attached hydrogen (secondary N) is 1. The highest BCUT2D eigenvalue weighted by molar-refractivity contribution is 8.00. The lowest BCUT2D eigenvalue weighted by Crippen LogP contribution is -2.35. The number of thioether (sulfide) groups is 1. The summed E-state index contributed by atoms with van der Waals surface area (Å²) in [5.41, 5.74) is 0.348. The molecule has 0 radical (unpaired) electrons. The number of hydrogen-bond donors (Lipinski definition) is 1. The molecule has 9 heteroatoms. The first-order chi connectivity index (χ1) is 13.9. The van der Waals surface area contributed by atoms with Crippen molar-refractivity contribution in [1.82, 2.24) is 4.31 Å². The van der Waals surface area contributed by atoms with E-state index in [1.807, 2.05) is 0 Å². The van der Waals surface area contributed by atoms with Gasteiger partial charge in [0.15, 0.2) is 0 Å². The molecule has 0 bridgehead atoms. The molecule has 0 aliphatic carbocycles. The first-order valence-electron chi connectivity index (χ1n) is 9.27. The van der Waals surface area contributed by atoms with Crippen LogP contribution in [0.1, 0.15) is 19.3 Å². The molecule has 2 aromatic rings. The van der Waals surface area contributed by atoms with Gasteiger partial charge in [-0.15, -0.1) is 11.8 Å². The molecule has 3 rings (SSSR count). The van der Waals surface area contributed by atoms with Gasteiger partial charge in [0.1, 0.15) is 16.5 Å². The van der Waals surface area contributed by atoms with Crippen molar-refractivity contribution in [2.75, 3.05) is 31.3 Å². The van der Waals surface area contributed by atoms with Gasteiger partial charge in [-0.1, -0.05) is 18.6 Å². The first kappa shape index (κ1) is 21.6. The zero-order chi connectivity index (χ0) is 20.9. The molecule has 1 N–H and O–H groups in total. The number of anilines is 1. The predicted octanol–water partition coefficient (Wildman–Crippen LogP) is 3.74. The Morgan fingerprint density at radius 3 is 2.59 bits per heavy atom. The molecule has 1 saturated heterocycles. The maximum atomic E-state index is 13.7. The monoisotopic (exact) mass is 438 g/mol. The quantitative estimate of drug-likeness (QED) is 0.667. The predicted molar refractivity (Wildman–Crippen MR) is 111 cm³/mol. The molecule has 0 spiro atoms. The number of piperidine rings is 1. The maximum Gasteiger partial charge on any atom is 0.246 e. The molecular formula is C20H23FN2O4S2. The van der Waals surface area contributed by atoms with Gasteiger partial charge in [0, 0.05) is 23.7 Å². The highest BCUT2D eigenvalue weighted by Gasteiger charge is 2.29.